The van der Waals surface area contributed by atoms with Gasteiger partial charge in [0, 0.05) is 27.8 Å². The Morgan fingerprint density at radius 1 is 0.963 bits per heavy atom. The SMILES string of the molecule is Cl.O=C(CCN1CCCCCC1)N1c2ccccc2Sc2ccc(Cl)cc21. The number of nitrogens with zero attached hydrogens (tertiary/aromatic N) is 2. The van der Waals surface area contributed by atoms with Crippen LogP contribution in [0.5, 0.6) is 0 Å². The summed E-state index contributed by atoms with van der Waals surface area (Å²) in [6, 6.07) is 13.9. The maximum absolute atomic E-state index is 13.2. The van der Waals surface area contributed by atoms with Gasteiger partial charge in [0.2, 0.25) is 5.91 Å². The lowest BCUT2D eigenvalue weighted by molar-refractivity contribution is -0.118. The standard InChI is InChI=1S/C21H23ClN2OS.ClH/c22-16-9-10-20-18(15-16)24(17-7-3-4-8-19(17)26-20)21(25)11-14-23-12-5-1-2-6-13-23;/h3-4,7-10,15H,1-2,5-6,11-14H2;1H. The largest absolute Gasteiger partial charge is 0.303 e. The van der Waals surface area contributed by atoms with Crippen LogP contribution in [-0.4, -0.2) is 30.4 Å². The van der Waals surface area contributed by atoms with Gasteiger partial charge in [-0.25, -0.2) is 0 Å². The fourth-order valence-electron chi connectivity index (χ4n) is 3.72. The molecule has 4 rings (SSSR count). The third-order valence-electron chi connectivity index (χ3n) is 5.08. The normalized spacial score (nSPS) is 16.7. The van der Waals surface area contributed by atoms with Crippen molar-refractivity contribution in [3.63, 3.8) is 0 Å². The molecule has 0 N–H and O–H groups in total. The van der Waals surface area contributed by atoms with Crippen molar-refractivity contribution in [2.45, 2.75) is 41.9 Å². The molecular weight excluding hydrogens is 399 g/mol. The second-order valence-corrected chi connectivity index (χ2v) is 8.44. The second-order valence-electron chi connectivity index (χ2n) is 6.92. The van der Waals surface area contributed by atoms with Crippen molar-refractivity contribution in [3.05, 3.63) is 47.5 Å². The van der Waals surface area contributed by atoms with Gasteiger partial charge < -0.3 is 4.90 Å². The fourth-order valence-corrected chi connectivity index (χ4v) is 4.93. The van der Waals surface area contributed by atoms with E-state index in [1.165, 1.54) is 25.7 Å². The molecule has 2 aromatic rings. The quantitative estimate of drug-likeness (QED) is 0.591. The zero-order valence-electron chi connectivity index (χ0n) is 15.2. The minimum atomic E-state index is 0. The summed E-state index contributed by atoms with van der Waals surface area (Å²) in [5, 5.41) is 0.661. The lowest BCUT2D eigenvalue weighted by Gasteiger charge is -2.32. The summed E-state index contributed by atoms with van der Waals surface area (Å²) >= 11 is 7.93. The maximum Gasteiger partial charge on any atom is 0.232 e. The molecule has 0 radical (unpaired) electrons. The zero-order valence-corrected chi connectivity index (χ0v) is 17.6. The van der Waals surface area contributed by atoms with E-state index in [9.17, 15) is 4.79 Å². The van der Waals surface area contributed by atoms with Gasteiger partial charge in [-0.15, -0.1) is 12.4 Å². The molecule has 1 saturated heterocycles. The number of fused-ring (bicyclic) bond motifs is 2. The first-order valence-corrected chi connectivity index (χ1v) is 10.5. The zero-order chi connectivity index (χ0) is 17.9. The second kappa shape index (κ2) is 9.33. The topological polar surface area (TPSA) is 23.6 Å². The summed E-state index contributed by atoms with van der Waals surface area (Å²) in [6.45, 7) is 3.06. The van der Waals surface area contributed by atoms with Crippen LogP contribution in [0.2, 0.25) is 5.02 Å². The van der Waals surface area contributed by atoms with E-state index in [1.54, 1.807) is 11.8 Å². The summed E-state index contributed by atoms with van der Waals surface area (Å²) < 4.78 is 0. The summed E-state index contributed by atoms with van der Waals surface area (Å²) in [4.78, 5) is 19.7. The molecule has 1 fully saturated rings. The highest BCUT2D eigenvalue weighted by Gasteiger charge is 2.28. The number of hydrogen-bond acceptors (Lipinski definition) is 3. The van der Waals surface area contributed by atoms with Gasteiger partial charge in [0.1, 0.15) is 0 Å². The van der Waals surface area contributed by atoms with Gasteiger partial charge >= 0.3 is 0 Å². The smallest absolute Gasteiger partial charge is 0.232 e. The van der Waals surface area contributed by atoms with Crippen molar-refractivity contribution in [2.75, 3.05) is 24.5 Å². The Morgan fingerprint density at radius 2 is 1.67 bits per heavy atom. The molecule has 144 valence electrons. The van der Waals surface area contributed by atoms with Crippen molar-refractivity contribution in [2.24, 2.45) is 0 Å². The average molecular weight is 423 g/mol. The van der Waals surface area contributed by atoms with E-state index >= 15 is 0 Å². The van der Waals surface area contributed by atoms with E-state index in [0.29, 0.717) is 11.4 Å². The molecule has 0 aromatic heterocycles. The van der Waals surface area contributed by atoms with Crippen LogP contribution >= 0.6 is 35.8 Å². The highest BCUT2D eigenvalue weighted by atomic mass is 35.5. The van der Waals surface area contributed by atoms with E-state index in [-0.39, 0.29) is 18.3 Å². The minimum absolute atomic E-state index is 0. The molecule has 3 nitrogen and oxygen atoms in total. The monoisotopic (exact) mass is 422 g/mol. The van der Waals surface area contributed by atoms with Crippen molar-refractivity contribution in [3.8, 4) is 0 Å². The van der Waals surface area contributed by atoms with Crippen LogP contribution in [0.3, 0.4) is 0 Å². The van der Waals surface area contributed by atoms with E-state index in [0.717, 1.165) is 40.8 Å². The first-order valence-electron chi connectivity index (χ1n) is 9.34. The summed E-state index contributed by atoms with van der Waals surface area (Å²) in [7, 11) is 0. The summed E-state index contributed by atoms with van der Waals surface area (Å²) in [6.07, 6.45) is 5.65. The van der Waals surface area contributed by atoms with Crippen LogP contribution in [0.15, 0.2) is 52.3 Å². The van der Waals surface area contributed by atoms with Gasteiger partial charge in [-0.1, -0.05) is 48.3 Å². The Balaban J connectivity index is 0.00000210. The van der Waals surface area contributed by atoms with Crippen LogP contribution in [0, 0.1) is 0 Å². The van der Waals surface area contributed by atoms with Crippen LogP contribution in [0.25, 0.3) is 0 Å². The summed E-state index contributed by atoms with van der Waals surface area (Å²) in [5.41, 5.74) is 1.87. The van der Waals surface area contributed by atoms with Gasteiger partial charge in [0.05, 0.1) is 11.4 Å². The van der Waals surface area contributed by atoms with Gasteiger partial charge in [0.25, 0.3) is 0 Å². The van der Waals surface area contributed by atoms with Gasteiger partial charge in [0.15, 0.2) is 0 Å². The molecule has 2 aromatic carbocycles. The maximum atomic E-state index is 13.2. The van der Waals surface area contributed by atoms with E-state index in [1.807, 2.05) is 41.3 Å². The lowest BCUT2D eigenvalue weighted by Crippen LogP contribution is -2.33. The number of para-hydroxylation sites is 1. The van der Waals surface area contributed by atoms with Crippen molar-refractivity contribution in [1.82, 2.24) is 4.90 Å². The molecule has 2 aliphatic rings. The number of hydrogen-bond donors (Lipinski definition) is 0. The molecule has 0 saturated carbocycles. The minimum Gasteiger partial charge on any atom is -0.303 e. The number of carbonyl (C=O) groups is 1. The Morgan fingerprint density at radius 3 is 2.44 bits per heavy atom. The molecule has 2 heterocycles. The van der Waals surface area contributed by atoms with Crippen molar-refractivity contribution >= 4 is 53.1 Å². The molecule has 6 heteroatoms. The Hall–Kier alpha value is -1.20. The number of anilines is 2. The number of halogens is 2. The molecular formula is C21H24Cl2N2OS. The Labute approximate surface area is 176 Å². The Bertz CT molecular complexity index is 807. The van der Waals surface area contributed by atoms with Crippen molar-refractivity contribution < 1.29 is 4.79 Å². The number of benzene rings is 2. The molecule has 0 aliphatic carbocycles. The van der Waals surface area contributed by atoms with E-state index in [2.05, 4.69) is 11.0 Å². The fraction of sp³-hybridized carbons (Fsp3) is 0.381. The molecule has 0 bridgehead atoms. The highest BCUT2D eigenvalue weighted by molar-refractivity contribution is 7.99. The van der Waals surface area contributed by atoms with Gasteiger partial charge in [-0.2, -0.15) is 0 Å². The van der Waals surface area contributed by atoms with Crippen molar-refractivity contribution in [1.29, 1.82) is 0 Å². The van der Waals surface area contributed by atoms with Crippen LogP contribution in [-0.2, 0) is 4.79 Å². The lowest BCUT2D eigenvalue weighted by atomic mass is 10.2. The van der Waals surface area contributed by atoms with Crippen LogP contribution in [0.4, 0.5) is 11.4 Å². The molecule has 0 spiro atoms. The van der Waals surface area contributed by atoms with Crippen LogP contribution < -0.4 is 4.90 Å². The Kier molecular flexibility index (Phi) is 7.10. The summed E-state index contributed by atoms with van der Waals surface area (Å²) in [5.74, 6) is 0.144. The first-order chi connectivity index (χ1) is 12.7. The molecule has 0 unspecified atom stereocenters. The highest BCUT2D eigenvalue weighted by Crippen LogP contribution is 2.48. The van der Waals surface area contributed by atoms with E-state index < -0.39 is 0 Å². The number of likely N-dealkylation sites (tertiary alicyclic amines) is 1. The van der Waals surface area contributed by atoms with Gasteiger partial charge in [-0.05, 0) is 56.3 Å². The third-order valence-corrected chi connectivity index (χ3v) is 6.44. The molecule has 1 amide bonds. The van der Waals surface area contributed by atoms with Crippen LogP contribution in [0.1, 0.15) is 32.1 Å². The molecule has 27 heavy (non-hydrogen) atoms. The van der Waals surface area contributed by atoms with E-state index in [4.69, 9.17) is 11.6 Å². The number of rotatable bonds is 3. The average Bonchev–Trinajstić information content (AvgIpc) is 2.93. The molecule has 2 aliphatic heterocycles. The first kappa shape index (κ1) is 20.5. The number of amides is 1. The third kappa shape index (κ3) is 4.62. The predicted octanol–water partition coefficient (Wildman–Crippen LogP) is 6.16. The number of carbonyl (C=O) groups excluding carboxylic acids is 1. The van der Waals surface area contributed by atoms with Gasteiger partial charge in [-0.3, -0.25) is 9.69 Å². The predicted molar refractivity (Wildman–Crippen MR) is 116 cm³/mol. The molecule has 0 atom stereocenters.